The molecule has 1 saturated heterocycles. The van der Waals surface area contributed by atoms with E-state index in [0.717, 1.165) is 47.1 Å². The van der Waals surface area contributed by atoms with Crippen molar-refractivity contribution in [2.75, 3.05) is 13.1 Å². The normalized spacial score (nSPS) is 20.3. The number of ketones is 1. The van der Waals surface area contributed by atoms with E-state index >= 15 is 0 Å². The van der Waals surface area contributed by atoms with Crippen LogP contribution in [0.3, 0.4) is 0 Å². The van der Waals surface area contributed by atoms with Gasteiger partial charge in [-0.15, -0.1) is 0 Å². The summed E-state index contributed by atoms with van der Waals surface area (Å²) < 4.78 is 1.08. The highest BCUT2D eigenvalue weighted by atomic mass is 79.9. The first-order valence-corrected chi connectivity index (χ1v) is 6.90. The lowest BCUT2D eigenvalue weighted by molar-refractivity contribution is 0.0899. The standard InChI is InChI=1S/C14H18BrNO/c1-9-7-13(15)10(2)6-12(9)14(17)11-4-3-5-16-8-11/h6-7,11,16H,3-5,8H2,1-2H3. The maximum Gasteiger partial charge on any atom is 0.167 e. The molecule has 1 unspecified atom stereocenters. The summed E-state index contributed by atoms with van der Waals surface area (Å²) in [5.74, 6) is 0.452. The van der Waals surface area contributed by atoms with Gasteiger partial charge in [0.1, 0.15) is 0 Å². The van der Waals surface area contributed by atoms with Gasteiger partial charge >= 0.3 is 0 Å². The van der Waals surface area contributed by atoms with Crippen molar-refractivity contribution < 1.29 is 4.79 Å². The Morgan fingerprint density at radius 3 is 2.76 bits per heavy atom. The fourth-order valence-corrected chi connectivity index (χ4v) is 2.80. The number of aryl methyl sites for hydroxylation is 2. The Balaban J connectivity index is 2.26. The molecule has 0 bridgehead atoms. The Bertz CT molecular complexity index is 436. The lowest BCUT2D eigenvalue weighted by Gasteiger charge is -2.22. The molecule has 0 saturated carbocycles. The number of rotatable bonds is 2. The molecule has 1 aliphatic heterocycles. The molecular formula is C14H18BrNO. The van der Waals surface area contributed by atoms with Crippen LogP contribution in [0.4, 0.5) is 0 Å². The second kappa shape index (κ2) is 5.32. The van der Waals surface area contributed by atoms with Crippen molar-refractivity contribution in [3.8, 4) is 0 Å². The fourth-order valence-electron chi connectivity index (χ4n) is 2.34. The van der Waals surface area contributed by atoms with Crippen LogP contribution < -0.4 is 5.32 Å². The highest BCUT2D eigenvalue weighted by molar-refractivity contribution is 9.10. The molecule has 0 spiro atoms. The minimum Gasteiger partial charge on any atom is -0.316 e. The first-order chi connectivity index (χ1) is 8.09. The van der Waals surface area contributed by atoms with Crippen LogP contribution in [0.15, 0.2) is 16.6 Å². The zero-order valence-electron chi connectivity index (χ0n) is 10.3. The van der Waals surface area contributed by atoms with E-state index in [2.05, 4.69) is 21.2 Å². The molecule has 1 aromatic rings. The maximum atomic E-state index is 12.4. The summed E-state index contributed by atoms with van der Waals surface area (Å²) in [7, 11) is 0. The fraction of sp³-hybridized carbons (Fsp3) is 0.500. The van der Waals surface area contributed by atoms with Crippen LogP contribution in [0.1, 0.15) is 34.3 Å². The number of carbonyl (C=O) groups excluding carboxylic acids is 1. The largest absolute Gasteiger partial charge is 0.316 e. The highest BCUT2D eigenvalue weighted by Crippen LogP contribution is 2.24. The summed E-state index contributed by atoms with van der Waals surface area (Å²) >= 11 is 3.50. The topological polar surface area (TPSA) is 29.1 Å². The van der Waals surface area contributed by atoms with E-state index in [-0.39, 0.29) is 5.92 Å². The summed E-state index contributed by atoms with van der Waals surface area (Å²) in [6.07, 6.45) is 2.12. The van der Waals surface area contributed by atoms with Crippen molar-refractivity contribution in [2.24, 2.45) is 5.92 Å². The number of halogens is 1. The van der Waals surface area contributed by atoms with Crippen molar-refractivity contribution in [1.29, 1.82) is 0 Å². The van der Waals surface area contributed by atoms with E-state index in [1.165, 1.54) is 0 Å². The van der Waals surface area contributed by atoms with E-state index in [9.17, 15) is 4.79 Å². The van der Waals surface area contributed by atoms with Gasteiger partial charge in [0.05, 0.1) is 0 Å². The van der Waals surface area contributed by atoms with Gasteiger partial charge in [0.15, 0.2) is 5.78 Å². The van der Waals surface area contributed by atoms with Crippen molar-refractivity contribution in [3.05, 3.63) is 33.3 Å². The number of hydrogen-bond donors (Lipinski definition) is 1. The summed E-state index contributed by atoms with van der Waals surface area (Å²) in [6, 6.07) is 4.05. The second-order valence-corrected chi connectivity index (χ2v) is 5.68. The zero-order chi connectivity index (χ0) is 12.4. The molecular weight excluding hydrogens is 278 g/mol. The Labute approximate surface area is 111 Å². The Morgan fingerprint density at radius 2 is 2.12 bits per heavy atom. The molecule has 1 aromatic carbocycles. The van der Waals surface area contributed by atoms with E-state index in [4.69, 9.17) is 0 Å². The van der Waals surface area contributed by atoms with E-state index in [1.54, 1.807) is 0 Å². The molecule has 0 amide bonds. The number of hydrogen-bond acceptors (Lipinski definition) is 2. The summed E-state index contributed by atoms with van der Waals surface area (Å²) in [5, 5.41) is 3.30. The third-order valence-electron chi connectivity index (χ3n) is 3.44. The number of carbonyl (C=O) groups is 1. The van der Waals surface area contributed by atoms with Crippen LogP contribution >= 0.6 is 15.9 Å². The van der Waals surface area contributed by atoms with Gasteiger partial charge in [-0.25, -0.2) is 0 Å². The van der Waals surface area contributed by atoms with Crippen molar-refractivity contribution in [2.45, 2.75) is 26.7 Å². The molecule has 2 rings (SSSR count). The number of Topliss-reactive ketones (excluding diaryl/α,β-unsaturated/α-hetero) is 1. The van der Waals surface area contributed by atoms with Gasteiger partial charge in [0.2, 0.25) is 0 Å². The molecule has 1 heterocycles. The summed E-state index contributed by atoms with van der Waals surface area (Å²) in [6.45, 7) is 5.91. The van der Waals surface area contributed by atoms with Gasteiger partial charge in [-0.1, -0.05) is 15.9 Å². The van der Waals surface area contributed by atoms with E-state index < -0.39 is 0 Å². The summed E-state index contributed by atoms with van der Waals surface area (Å²) in [4.78, 5) is 12.4. The molecule has 3 heteroatoms. The van der Waals surface area contributed by atoms with Crippen LogP contribution in [0.2, 0.25) is 0 Å². The zero-order valence-corrected chi connectivity index (χ0v) is 11.9. The van der Waals surface area contributed by atoms with Gasteiger partial charge in [-0.05, 0) is 56.5 Å². The first kappa shape index (κ1) is 12.8. The van der Waals surface area contributed by atoms with Crippen molar-refractivity contribution >= 4 is 21.7 Å². The molecule has 0 aromatic heterocycles. The SMILES string of the molecule is Cc1cc(C(=O)C2CCCNC2)c(C)cc1Br. The average Bonchev–Trinajstić information content (AvgIpc) is 2.34. The molecule has 92 valence electrons. The van der Waals surface area contributed by atoms with Gasteiger partial charge in [0, 0.05) is 22.5 Å². The minimum atomic E-state index is 0.156. The Hall–Kier alpha value is -0.670. The van der Waals surface area contributed by atoms with Crippen LogP contribution in [0.5, 0.6) is 0 Å². The minimum absolute atomic E-state index is 0.156. The van der Waals surface area contributed by atoms with Gasteiger partial charge < -0.3 is 5.32 Å². The average molecular weight is 296 g/mol. The van der Waals surface area contributed by atoms with Crippen molar-refractivity contribution in [3.63, 3.8) is 0 Å². The molecule has 17 heavy (non-hydrogen) atoms. The lowest BCUT2D eigenvalue weighted by atomic mass is 9.88. The van der Waals surface area contributed by atoms with Crippen LogP contribution in [-0.4, -0.2) is 18.9 Å². The van der Waals surface area contributed by atoms with E-state index in [1.807, 2.05) is 26.0 Å². The molecule has 0 aliphatic carbocycles. The van der Waals surface area contributed by atoms with Crippen LogP contribution in [0.25, 0.3) is 0 Å². The number of nitrogens with one attached hydrogen (secondary N) is 1. The third-order valence-corrected chi connectivity index (χ3v) is 4.29. The molecule has 1 aliphatic rings. The molecule has 1 N–H and O–H groups in total. The van der Waals surface area contributed by atoms with Gasteiger partial charge in [-0.2, -0.15) is 0 Å². The van der Waals surface area contributed by atoms with Crippen LogP contribution in [0, 0.1) is 19.8 Å². The second-order valence-electron chi connectivity index (χ2n) is 4.82. The molecule has 1 fully saturated rings. The smallest absolute Gasteiger partial charge is 0.167 e. The van der Waals surface area contributed by atoms with Crippen LogP contribution in [-0.2, 0) is 0 Å². The number of benzene rings is 1. The van der Waals surface area contributed by atoms with Gasteiger partial charge in [0.25, 0.3) is 0 Å². The van der Waals surface area contributed by atoms with E-state index in [0.29, 0.717) is 5.78 Å². The molecule has 0 radical (unpaired) electrons. The highest BCUT2D eigenvalue weighted by Gasteiger charge is 2.23. The van der Waals surface area contributed by atoms with Crippen molar-refractivity contribution in [1.82, 2.24) is 5.32 Å². The maximum absolute atomic E-state index is 12.4. The quantitative estimate of drug-likeness (QED) is 0.849. The molecule has 1 atom stereocenters. The predicted octanol–water partition coefficient (Wildman–Crippen LogP) is 3.25. The molecule has 2 nitrogen and oxygen atoms in total. The Morgan fingerprint density at radius 1 is 1.35 bits per heavy atom. The predicted molar refractivity (Wildman–Crippen MR) is 73.5 cm³/mol. The number of piperidine rings is 1. The monoisotopic (exact) mass is 295 g/mol. The first-order valence-electron chi connectivity index (χ1n) is 6.11. The summed E-state index contributed by atoms with van der Waals surface area (Å²) in [5.41, 5.74) is 3.08. The Kier molecular flexibility index (Phi) is 4.00. The lowest BCUT2D eigenvalue weighted by Crippen LogP contribution is -2.34. The third kappa shape index (κ3) is 2.78. The van der Waals surface area contributed by atoms with Gasteiger partial charge in [-0.3, -0.25) is 4.79 Å².